The zero-order chi connectivity index (χ0) is 21.4. The molecule has 0 fully saturated rings. The summed E-state index contributed by atoms with van der Waals surface area (Å²) in [6.07, 6.45) is 0.855. The first-order valence-corrected chi connectivity index (χ1v) is 11.3. The molecule has 0 bridgehead atoms. The van der Waals surface area contributed by atoms with E-state index < -0.39 is 0 Å². The van der Waals surface area contributed by atoms with Gasteiger partial charge in [-0.3, -0.25) is 14.2 Å². The van der Waals surface area contributed by atoms with Crippen molar-refractivity contribution in [3.63, 3.8) is 0 Å². The Hall–Kier alpha value is -3.09. The molecule has 0 unspecified atom stereocenters. The molecular weight excluding hydrogens is 430 g/mol. The van der Waals surface area contributed by atoms with Gasteiger partial charge in [-0.25, -0.2) is 4.98 Å². The highest BCUT2D eigenvalue weighted by molar-refractivity contribution is 7.99. The highest BCUT2D eigenvalue weighted by atomic mass is 35.5. The lowest BCUT2D eigenvalue weighted by Gasteiger charge is -2.18. The first-order chi connectivity index (χ1) is 15.1. The molecule has 1 aliphatic heterocycles. The number of amides is 1. The molecule has 5 rings (SSSR count). The van der Waals surface area contributed by atoms with E-state index in [1.807, 2.05) is 53.4 Å². The summed E-state index contributed by atoms with van der Waals surface area (Å²) in [4.78, 5) is 32.8. The number of para-hydroxylation sites is 2. The van der Waals surface area contributed by atoms with Gasteiger partial charge in [0.25, 0.3) is 5.56 Å². The van der Waals surface area contributed by atoms with Crippen LogP contribution < -0.4 is 10.5 Å². The molecule has 0 aliphatic carbocycles. The normalized spacial score (nSPS) is 12.9. The van der Waals surface area contributed by atoms with Crippen molar-refractivity contribution in [1.82, 2.24) is 9.55 Å². The second-order valence-electron chi connectivity index (χ2n) is 7.24. The molecule has 1 aromatic heterocycles. The maximum atomic E-state index is 13.3. The summed E-state index contributed by atoms with van der Waals surface area (Å²) in [7, 11) is 0. The molecular formula is C24H18ClN3O2S. The van der Waals surface area contributed by atoms with Gasteiger partial charge in [0.05, 0.1) is 22.3 Å². The molecule has 5 nitrogen and oxygen atoms in total. The fourth-order valence-corrected chi connectivity index (χ4v) is 4.90. The fraction of sp³-hybridized carbons (Fsp3) is 0.125. The Kier molecular flexibility index (Phi) is 5.26. The SMILES string of the molecule is O=C(CSc1nc2cc(Cl)ccc2c(=O)n1-c1ccccc1)N1CCc2ccccc21. The lowest BCUT2D eigenvalue weighted by atomic mass is 10.2. The van der Waals surface area contributed by atoms with Crippen molar-refractivity contribution < 1.29 is 4.79 Å². The molecule has 0 spiro atoms. The Labute approximate surface area is 188 Å². The summed E-state index contributed by atoms with van der Waals surface area (Å²) < 4.78 is 1.56. The Morgan fingerprint density at radius 1 is 1.03 bits per heavy atom. The number of hydrogen-bond acceptors (Lipinski definition) is 4. The quantitative estimate of drug-likeness (QED) is 0.335. The van der Waals surface area contributed by atoms with E-state index >= 15 is 0 Å². The van der Waals surface area contributed by atoms with Crippen LogP contribution in [0.1, 0.15) is 5.56 Å². The number of thioether (sulfide) groups is 1. The van der Waals surface area contributed by atoms with Crippen LogP contribution in [0.5, 0.6) is 0 Å². The minimum atomic E-state index is -0.186. The second-order valence-corrected chi connectivity index (χ2v) is 8.62. The maximum Gasteiger partial charge on any atom is 0.266 e. The Morgan fingerprint density at radius 2 is 1.81 bits per heavy atom. The average molecular weight is 448 g/mol. The molecule has 0 N–H and O–H groups in total. The van der Waals surface area contributed by atoms with Crippen LogP contribution in [0.3, 0.4) is 0 Å². The smallest absolute Gasteiger partial charge is 0.266 e. The van der Waals surface area contributed by atoms with E-state index in [0.29, 0.717) is 33.3 Å². The summed E-state index contributed by atoms with van der Waals surface area (Å²) in [5.41, 5.74) is 3.19. The number of nitrogens with zero attached hydrogens (tertiary/aromatic N) is 3. The number of anilines is 1. The zero-order valence-corrected chi connectivity index (χ0v) is 18.1. The summed E-state index contributed by atoms with van der Waals surface area (Å²) in [6, 6.07) is 22.4. The van der Waals surface area contributed by atoms with Crippen LogP contribution in [0.4, 0.5) is 5.69 Å². The predicted molar refractivity (Wildman–Crippen MR) is 126 cm³/mol. The van der Waals surface area contributed by atoms with Crippen LogP contribution in [0.15, 0.2) is 82.7 Å². The van der Waals surface area contributed by atoms with Crippen molar-refractivity contribution >= 4 is 45.9 Å². The van der Waals surface area contributed by atoms with Crippen LogP contribution in [-0.4, -0.2) is 27.8 Å². The molecule has 0 saturated heterocycles. The van der Waals surface area contributed by atoms with Gasteiger partial charge in [0.1, 0.15) is 0 Å². The third-order valence-corrected chi connectivity index (χ3v) is 6.49. The van der Waals surface area contributed by atoms with Gasteiger partial charge in [-0.2, -0.15) is 0 Å². The van der Waals surface area contributed by atoms with Crippen LogP contribution in [-0.2, 0) is 11.2 Å². The summed E-state index contributed by atoms with van der Waals surface area (Å²) in [6.45, 7) is 0.672. The zero-order valence-electron chi connectivity index (χ0n) is 16.5. The van der Waals surface area contributed by atoms with E-state index in [1.54, 1.807) is 22.8 Å². The molecule has 1 amide bonds. The van der Waals surface area contributed by atoms with Crippen molar-refractivity contribution in [2.24, 2.45) is 0 Å². The average Bonchev–Trinajstić information content (AvgIpc) is 3.22. The topological polar surface area (TPSA) is 55.2 Å². The van der Waals surface area contributed by atoms with Crippen molar-refractivity contribution in [3.05, 3.63) is 93.7 Å². The van der Waals surface area contributed by atoms with Crippen molar-refractivity contribution in [3.8, 4) is 5.69 Å². The Bertz CT molecular complexity index is 1350. The van der Waals surface area contributed by atoms with Crippen LogP contribution in [0, 0.1) is 0 Å². The van der Waals surface area contributed by atoms with Gasteiger partial charge in [-0.1, -0.05) is 59.8 Å². The van der Waals surface area contributed by atoms with Gasteiger partial charge in [-0.05, 0) is 48.4 Å². The maximum absolute atomic E-state index is 13.3. The van der Waals surface area contributed by atoms with Crippen molar-refractivity contribution in [1.29, 1.82) is 0 Å². The molecule has 2 heterocycles. The number of aromatic nitrogens is 2. The van der Waals surface area contributed by atoms with Gasteiger partial charge in [0, 0.05) is 17.3 Å². The van der Waals surface area contributed by atoms with Crippen LogP contribution in [0.25, 0.3) is 16.6 Å². The minimum absolute atomic E-state index is 0.00463. The highest BCUT2D eigenvalue weighted by Crippen LogP contribution is 2.29. The molecule has 4 aromatic rings. The molecule has 3 aromatic carbocycles. The number of carbonyl (C=O) groups excluding carboxylic acids is 1. The third-order valence-electron chi connectivity index (χ3n) is 5.33. The van der Waals surface area contributed by atoms with Crippen LogP contribution >= 0.6 is 23.4 Å². The molecule has 1 aliphatic rings. The Balaban J connectivity index is 1.52. The number of benzene rings is 3. The summed E-state index contributed by atoms with van der Waals surface area (Å²) >= 11 is 7.39. The van der Waals surface area contributed by atoms with Gasteiger partial charge in [0.15, 0.2) is 5.16 Å². The predicted octanol–water partition coefficient (Wildman–Crippen LogP) is 4.72. The van der Waals surface area contributed by atoms with Gasteiger partial charge < -0.3 is 4.90 Å². The number of rotatable bonds is 4. The van der Waals surface area contributed by atoms with Crippen molar-refractivity contribution in [2.45, 2.75) is 11.6 Å². The number of fused-ring (bicyclic) bond motifs is 2. The van der Waals surface area contributed by atoms with Crippen molar-refractivity contribution in [2.75, 3.05) is 17.2 Å². The largest absolute Gasteiger partial charge is 0.311 e. The van der Waals surface area contributed by atoms with E-state index in [0.717, 1.165) is 12.1 Å². The van der Waals surface area contributed by atoms with E-state index in [1.165, 1.54) is 17.3 Å². The number of hydrogen-bond donors (Lipinski definition) is 0. The summed E-state index contributed by atoms with van der Waals surface area (Å²) in [5.74, 6) is 0.176. The van der Waals surface area contributed by atoms with Gasteiger partial charge in [0.2, 0.25) is 5.91 Å². The minimum Gasteiger partial charge on any atom is -0.311 e. The van der Waals surface area contributed by atoms with E-state index in [4.69, 9.17) is 11.6 Å². The third kappa shape index (κ3) is 3.73. The number of halogens is 1. The lowest BCUT2D eigenvalue weighted by Crippen LogP contribution is -2.31. The number of carbonyl (C=O) groups is 1. The first-order valence-electron chi connectivity index (χ1n) is 9.90. The Morgan fingerprint density at radius 3 is 2.65 bits per heavy atom. The van der Waals surface area contributed by atoms with Crippen LogP contribution in [0.2, 0.25) is 5.02 Å². The standard InChI is InChI=1S/C24H18ClN3O2S/c25-17-10-11-19-20(14-17)26-24(28(23(19)30)18-7-2-1-3-8-18)31-15-22(29)27-13-12-16-6-4-5-9-21(16)27/h1-11,14H,12-13,15H2. The monoisotopic (exact) mass is 447 g/mol. The first kappa shape index (κ1) is 19.8. The molecule has 7 heteroatoms. The molecule has 31 heavy (non-hydrogen) atoms. The summed E-state index contributed by atoms with van der Waals surface area (Å²) in [5, 5.41) is 1.46. The molecule has 0 saturated carbocycles. The second kappa shape index (κ2) is 8.21. The lowest BCUT2D eigenvalue weighted by molar-refractivity contribution is -0.116. The van der Waals surface area contributed by atoms with E-state index in [9.17, 15) is 9.59 Å². The van der Waals surface area contributed by atoms with Gasteiger partial charge >= 0.3 is 0 Å². The van der Waals surface area contributed by atoms with E-state index in [-0.39, 0.29) is 17.2 Å². The highest BCUT2D eigenvalue weighted by Gasteiger charge is 2.25. The molecule has 0 radical (unpaired) electrons. The molecule has 154 valence electrons. The van der Waals surface area contributed by atoms with E-state index in [2.05, 4.69) is 11.1 Å². The fourth-order valence-electron chi connectivity index (χ4n) is 3.84. The molecule has 0 atom stereocenters. The van der Waals surface area contributed by atoms with Gasteiger partial charge in [-0.15, -0.1) is 0 Å².